The molecule has 0 atom stereocenters. The SMILES string of the molecule is Cc1nc(-c2ccccc2)c(C(=O)NCc2ccc(C[NH+](C)C)cc2)s1. The van der Waals surface area contributed by atoms with Crippen molar-refractivity contribution in [3.63, 3.8) is 0 Å². The molecule has 1 heterocycles. The maximum atomic E-state index is 12.7. The minimum absolute atomic E-state index is 0.0729. The molecular formula is C21H24N3OS+. The van der Waals surface area contributed by atoms with E-state index in [1.54, 1.807) is 0 Å². The van der Waals surface area contributed by atoms with Gasteiger partial charge in [0.2, 0.25) is 0 Å². The zero-order valence-corrected chi connectivity index (χ0v) is 16.2. The van der Waals surface area contributed by atoms with Crippen molar-refractivity contribution in [3.8, 4) is 11.3 Å². The predicted octanol–water partition coefficient (Wildman–Crippen LogP) is 2.69. The van der Waals surface area contributed by atoms with E-state index in [9.17, 15) is 4.79 Å². The lowest BCUT2D eigenvalue weighted by Crippen LogP contribution is -3.04. The summed E-state index contributed by atoms with van der Waals surface area (Å²) in [5, 5.41) is 3.92. The second-order valence-corrected chi connectivity index (χ2v) is 7.86. The number of hydrogen-bond donors (Lipinski definition) is 2. The maximum Gasteiger partial charge on any atom is 0.263 e. The van der Waals surface area contributed by atoms with Gasteiger partial charge in [0, 0.05) is 17.7 Å². The Hall–Kier alpha value is -2.50. The third kappa shape index (κ3) is 4.56. The van der Waals surface area contributed by atoms with E-state index in [4.69, 9.17) is 0 Å². The Bertz CT molecular complexity index is 870. The highest BCUT2D eigenvalue weighted by atomic mass is 32.1. The minimum atomic E-state index is -0.0729. The maximum absolute atomic E-state index is 12.7. The van der Waals surface area contributed by atoms with Gasteiger partial charge in [0.1, 0.15) is 11.4 Å². The van der Waals surface area contributed by atoms with Crippen LogP contribution in [0.3, 0.4) is 0 Å². The van der Waals surface area contributed by atoms with Crippen molar-refractivity contribution in [3.05, 3.63) is 75.6 Å². The lowest BCUT2D eigenvalue weighted by molar-refractivity contribution is -0.872. The monoisotopic (exact) mass is 366 g/mol. The summed E-state index contributed by atoms with van der Waals surface area (Å²) in [7, 11) is 4.27. The van der Waals surface area contributed by atoms with Crippen LogP contribution in [0.25, 0.3) is 11.3 Å². The van der Waals surface area contributed by atoms with Crippen molar-refractivity contribution < 1.29 is 9.69 Å². The molecule has 26 heavy (non-hydrogen) atoms. The quantitative estimate of drug-likeness (QED) is 0.705. The van der Waals surface area contributed by atoms with Gasteiger partial charge in [-0.1, -0.05) is 54.6 Å². The van der Waals surface area contributed by atoms with E-state index >= 15 is 0 Å². The number of carbonyl (C=O) groups is 1. The first-order valence-corrected chi connectivity index (χ1v) is 9.52. The number of benzene rings is 2. The molecule has 1 amide bonds. The third-order valence-corrected chi connectivity index (χ3v) is 4.99. The normalized spacial score (nSPS) is 10.9. The molecule has 0 unspecified atom stereocenters. The molecule has 0 fully saturated rings. The molecule has 0 saturated carbocycles. The lowest BCUT2D eigenvalue weighted by atomic mass is 10.1. The highest BCUT2D eigenvalue weighted by Gasteiger charge is 2.17. The smallest absolute Gasteiger partial charge is 0.263 e. The van der Waals surface area contributed by atoms with E-state index in [0.29, 0.717) is 11.4 Å². The number of nitrogens with one attached hydrogen (secondary N) is 2. The number of quaternary nitrogens is 1. The van der Waals surface area contributed by atoms with Gasteiger partial charge in [-0.3, -0.25) is 4.79 Å². The van der Waals surface area contributed by atoms with Crippen LogP contribution >= 0.6 is 11.3 Å². The van der Waals surface area contributed by atoms with E-state index < -0.39 is 0 Å². The number of nitrogens with zero attached hydrogens (tertiary/aromatic N) is 1. The van der Waals surface area contributed by atoms with Crippen LogP contribution in [0, 0.1) is 6.92 Å². The molecule has 3 aromatic rings. The number of amides is 1. The van der Waals surface area contributed by atoms with Gasteiger partial charge in [-0.15, -0.1) is 11.3 Å². The van der Waals surface area contributed by atoms with E-state index in [-0.39, 0.29) is 5.91 Å². The molecule has 1 aromatic heterocycles. The largest absolute Gasteiger partial charge is 0.347 e. The molecule has 2 aromatic carbocycles. The highest BCUT2D eigenvalue weighted by Crippen LogP contribution is 2.27. The van der Waals surface area contributed by atoms with Crippen LogP contribution in [-0.4, -0.2) is 25.0 Å². The second kappa shape index (κ2) is 8.25. The Balaban J connectivity index is 1.69. The zero-order valence-electron chi connectivity index (χ0n) is 15.4. The van der Waals surface area contributed by atoms with Gasteiger partial charge in [-0.05, 0) is 12.5 Å². The van der Waals surface area contributed by atoms with Crippen LogP contribution in [-0.2, 0) is 13.1 Å². The van der Waals surface area contributed by atoms with Gasteiger partial charge in [-0.2, -0.15) is 0 Å². The standard InChI is InChI=1S/C21H23N3OS/c1-15-23-19(18-7-5-4-6-8-18)20(26-15)21(25)22-13-16-9-11-17(12-10-16)14-24(2)3/h4-12H,13-14H2,1-3H3,(H,22,25)/p+1. The van der Waals surface area contributed by atoms with Crippen molar-refractivity contribution in [2.45, 2.75) is 20.0 Å². The highest BCUT2D eigenvalue weighted by molar-refractivity contribution is 7.14. The molecule has 3 rings (SSSR count). The Labute approximate surface area is 158 Å². The first-order valence-electron chi connectivity index (χ1n) is 8.71. The van der Waals surface area contributed by atoms with Crippen molar-refractivity contribution in [1.82, 2.24) is 10.3 Å². The van der Waals surface area contributed by atoms with Crippen molar-refractivity contribution in [2.75, 3.05) is 14.1 Å². The van der Waals surface area contributed by atoms with Gasteiger partial charge in [0.05, 0.1) is 24.8 Å². The molecule has 0 aliphatic carbocycles. The Kier molecular flexibility index (Phi) is 5.81. The van der Waals surface area contributed by atoms with Crippen LogP contribution in [0.4, 0.5) is 0 Å². The van der Waals surface area contributed by atoms with E-state index in [0.717, 1.165) is 28.4 Å². The number of aryl methyl sites for hydroxylation is 1. The van der Waals surface area contributed by atoms with Crippen LogP contribution in [0.2, 0.25) is 0 Å². The molecule has 134 valence electrons. The first kappa shape index (κ1) is 18.3. The van der Waals surface area contributed by atoms with Gasteiger partial charge in [0.15, 0.2) is 0 Å². The van der Waals surface area contributed by atoms with Crippen LogP contribution in [0.5, 0.6) is 0 Å². The first-order chi connectivity index (χ1) is 12.5. The fourth-order valence-corrected chi connectivity index (χ4v) is 3.68. The molecule has 0 spiro atoms. The number of hydrogen-bond acceptors (Lipinski definition) is 3. The zero-order chi connectivity index (χ0) is 18.5. The molecule has 2 N–H and O–H groups in total. The van der Waals surface area contributed by atoms with E-state index in [1.165, 1.54) is 21.8 Å². The molecule has 4 nitrogen and oxygen atoms in total. The molecular weight excluding hydrogens is 342 g/mol. The fourth-order valence-electron chi connectivity index (χ4n) is 2.82. The second-order valence-electron chi connectivity index (χ2n) is 6.66. The molecule has 5 heteroatoms. The van der Waals surface area contributed by atoms with Gasteiger partial charge < -0.3 is 10.2 Å². The fraction of sp³-hybridized carbons (Fsp3) is 0.238. The van der Waals surface area contributed by atoms with Gasteiger partial charge in [-0.25, -0.2) is 4.98 Å². The summed E-state index contributed by atoms with van der Waals surface area (Å²) in [4.78, 5) is 19.3. The predicted molar refractivity (Wildman–Crippen MR) is 106 cm³/mol. The number of carbonyl (C=O) groups excluding carboxylic acids is 1. The number of thiazole rings is 1. The average Bonchev–Trinajstić information content (AvgIpc) is 3.03. The van der Waals surface area contributed by atoms with Crippen molar-refractivity contribution in [1.29, 1.82) is 0 Å². The van der Waals surface area contributed by atoms with Crippen LogP contribution < -0.4 is 10.2 Å². The summed E-state index contributed by atoms with van der Waals surface area (Å²) >= 11 is 1.44. The Morgan fingerprint density at radius 1 is 1.04 bits per heavy atom. The number of rotatable bonds is 6. The third-order valence-electron chi connectivity index (χ3n) is 4.02. The summed E-state index contributed by atoms with van der Waals surface area (Å²) in [6.45, 7) is 3.44. The minimum Gasteiger partial charge on any atom is -0.347 e. The number of aromatic nitrogens is 1. The van der Waals surface area contributed by atoms with Crippen LogP contribution in [0.15, 0.2) is 54.6 Å². The Morgan fingerprint density at radius 3 is 2.35 bits per heavy atom. The molecule has 0 aliphatic heterocycles. The van der Waals surface area contributed by atoms with Crippen molar-refractivity contribution in [2.24, 2.45) is 0 Å². The summed E-state index contributed by atoms with van der Waals surface area (Å²) in [5.41, 5.74) is 4.12. The summed E-state index contributed by atoms with van der Waals surface area (Å²) in [6.07, 6.45) is 0. The Morgan fingerprint density at radius 2 is 1.69 bits per heavy atom. The summed E-state index contributed by atoms with van der Waals surface area (Å²) in [6, 6.07) is 18.3. The topological polar surface area (TPSA) is 46.4 Å². The van der Waals surface area contributed by atoms with Gasteiger partial charge in [0.25, 0.3) is 5.91 Å². The summed E-state index contributed by atoms with van der Waals surface area (Å²) in [5.74, 6) is -0.0729. The summed E-state index contributed by atoms with van der Waals surface area (Å²) < 4.78 is 0. The average molecular weight is 367 g/mol. The van der Waals surface area contributed by atoms with E-state index in [1.807, 2.05) is 37.3 Å². The molecule has 0 aliphatic rings. The van der Waals surface area contributed by atoms with Crippen LogP contribution in [0.1, 0.15) is 25.8 Å². The molecule has 0 bridgehead atoms. The van der Waals surface area contributed by atoms with Crippen molar-refractivity contribution >= 4 is 17.2 Å². The molecule has 0 saturated heterocycles. The van der Waals surface area contributed by atoms with Gasteiger partial charge >= 0.3 is 0 Å². The lowest BCUT2D eigenvalue weighted by Gasteiger charge is -2.09. The molecule has 0 radical (unpaired) electrons. The van der Waals surface area contributed by atoms with E-state index in [2.05, 4.69) is 48.7 Å².